The molecule has 6 heteroatoms. The molecule has 1 unspecified atom stereocenters. The van der Waals surface area contributed by atoms with Crippen LogP contribution in [-0.4, -0.2) is 41.6 Å². The van der Waals surface area contributed by atoms with E-state index in [0.29, 0.717) is 12.5 Å². The number of nitrogens with zero attached hydrogens (tertiary/aromatic N) is 3. The molecule has 1 saturated heterocycles. The monoisotopic (exact) mass is 263 g/mol. The lowest BCUT2D eigenvalue weighted by Gasteiger charge is -2.34. The van der Waals surface area contributed by atoms with Crippen molar-refractivity contribution in [3.05, 3.63) is 18.0 Å². The summed E-state index contributed by atoms with van der Waals surface area (Å²) in [5, 5.41) is 6.11. The Bertz CT molecular complexity index is 420. The fourth-order valence-electron chi connectivity index (χ4n) is 2.22. The summed E-state index contributed by atoms with van der Waals surface area (Å²) in [6.07, 6.45) is 4.41. The molecule has 1 amide bonds. The summed E-state index contributed by atoms with van der Waals surface area (Å²) in [6, 6.07) is -0.159. The summed E-state index contributed by atoms with van der Waals surface area (Å²) in [4.78, 5) is 22.5. The van der Waals surface area contributed by atoms with E-state index in [-0.39, 0.29) is 11.9 Å². The lowest BCUT2D eigenvalue weighted by Crippen LogP contribution is -2.55. The molecule has 1 aliphatic heterocycles. The van der Waals surface area contributed by atoms with Crippen molar-refractivity contribution in [3.63, 3.8) is 0 Å². The van der Waals surface area contributed by atoms with Crippen LogP contribution in [0.4, 0.5) is 5.95 Å². The van der Waals surface area contributed by atoms with Crippen LogP contribution in [0.15, 0.2) is 12.4 Å². The highest BCUT2D eigenvalue weighted by Gasteiger charge is 2.29. The molecule has 0 aromatic carbocycles. The SMILES string of the molecule is CCNCc1cnc(N2CCNC(=O)C2CC)nc1. The molecule has 0 radical (unpaired) electrons. The van der Waals surface area contributed by atoms with Crippen LogP contribution in [0, 0.1) is 0 Å². The van der Waals surface area contributed by atoms with Gasteiger partial charge in [0.1, 0.15) is 6.04 Å². The fourth-order valence-corrected chi connectivity index (χ4v) is 2.22. The maximum Gasteiger partial charge on any atom is 0.242 e. The van der Waals surface area contributed by atoms with Crippen LogP contribution >= 0.6 is 0 Å². The number of anilines is 1. The van der Waals surface area contributed by atoms with Gasteiger partial charge in [0.15, 0.2) is 0 Å². The number of rotatable bonds is 5. The second kappa shape index (κ2) is 6.47. The van der Waals surface area contributed by atoms with E-state index in [1.54, 1.807) is 0 Å². The van der Waals surface area contributed by atoms with E-state index in [1.165, 1.54) is 0 Å². The second-order valence-corrected chi connectivity index (χ2v) is 4.58. The minimum atomic E-state index is -0.159. The van der Waals surface area contributed by atoms with Gasteiger partial charge < -0.3 is 15.5 Å². The molecule has 2 heterocycles. The number of carbonyl (C=O) groups is 1. The molecule has 2 N–H and O–H groups in total. The van der Waals surface area contributed by atoms with Gasteiger partial charge in [0.2, 0.25) is 11.9 Å². The fraction of sp³-hybridized carbons (Fsp3) is 0.615. The third-order valence-corrected chi connectivity index (χ3v) is 3.25. The van der Waals surface area contributed by atoms with Crippen molar-refractivity contribution in [1.29, 1.82) is 0 Å². The van der Waals surface area contributed by atoms with E-state index in [0.717, 1.165) is 31.6 Å². The van der Waals surface area contributed by atoms with Crippen LogP contribution in [0.2, 0.25) is 0 Å². The minimum absolute atomic E-state index is 0.0640. The topological polar surface area (TPSA) is 70.2 Å². The van der Waals surface area contributed by atoms with Gasteiger partial charge in [-0.1, -0.05) is 13.8 Å². The summed E-state index contributed by atoms with van der Waals surface area (Å²) in [5.41, 5.74) is 1.06. The van der Waals surface area contributed by atoms with Crippen LogP contribution in [0.1, 0.15) is 25.8 Å². The molecule has 1 aromatic heterocycles. The number of hydrogen-bond acceptors (Lipinski definition) is 5. The van der Waals surface area contributed by atoms with Gasteiger partial charge >= 0.3 is 0 Å². The van der Waals surface area contributed by atoms with Gasteiger partial charge in [0.05, 0.1) is 0 Å². The van der Waals surface area contributed by atoms with E-state index < -0.39 is 0 Å². The van der Waals surface area contributed by atoms with Crippen molar-refractivity contribution in [2.75, 3.05) is 24.5 Å². The first-order chi connectivity index (χ1) is 9.26. The average Bonchev–Trinajstić information content (AvgIpc) is 2.45. The Labute approximate surface area is 113 Å². The van der Waals surface area contributed by atoms with E-state index >= 15 is 0 Å². The molecular formula is C13H21N5O. The lowest BCUT2D eigenvalue weighted by molar-refractivity contribution is -0.123. The van der Waals surface area contributed by atoms with Crippen molar-refractivity contribution in [1.82, 2.24) is 20.6 Å². The Balaban J connectivity index is 2.09. The number of aromatic nitrogens is 2. The number of piperazine rings is 1. The van der Waals surface area contributed by atoms with Gasteiger partial charge in [-0.25, -0.2) is 9.97 Å². The van der Waals surface area contributed by atoms with Crippen LogP contribution in [0.25, 0.3) is 0 Å². The lowest BCUT2D eigenvalue weighted by atomic mass is 10.1. The maximum absolute atomic E-state index is 11.8. The van der Waals surface area contributed by atoms with Crippen molar-refractivity contribution in [2.24, 2.45) is 0 Å². The Morgan fingerprint density at radius 3 is 2.79 bits per heavy atom. The third-order valence-electron chi connectivity index (χ3n) is 3.25. The number of nitrogens with one attached hydrogen (secondary N) is 2. The molecule has 104 valence electrons. The van der Waals surface area contributed by atoms with Crippen molar-refractivity contribution < 1.29 is 4.79 Å². The molecule has 1 aromatic rings. The van der Waals surface area contributed by atoms with Crippen LogP contribution in [-0.2, 0) is 11.3 Å². The smallest absolute Gasteiger partial charge is 0.242 e. The molecule has 0 spiro atoms. The number of amides is 1. The zero-order chi connectivity index (χ0) is 13.7. The van der Waals surface area contributed by atoms with Crippen molar-refractivity contribution in [3.8, 4) is 0 Å². The van der Waals surface area contributed by atoms with Crippen LogP contribution in [0.3, 0.4) is 0 Å². The first kappa shape index (κ1) is 13.7. The summed E-state index contributed by atoms with van der Waals surface area (Å²) in [5.74, 6) is 0.705. The molecule has 0 aliphatic carbocycles. The zero-order valence-electron chi connectivity index (χ0n) is 11.5. The average molecular weight is 263 g/mol. The normalized spacial score (nSPS) is 19.4. The predicted octanol–water partition coefficient (Wildman–Crippen LogP) is 0.301. The number of hydrogen-bond donors (Lipinski definition) is 2. The second-order valence-electron chi connectivity index (χ2n) is 4.58. The summed E-state index contributed by atoms with van der Waals surface area (Å²) in [7, 11) is 0. The van der Waals surface area contributed by atoms with Gasteiger partial charge in [-0.2, -0.15) is 0 Å². The van der Waals surface area contributed by atoms with E-state index in [2.05, 4.69) is 27.5 Å². The van der Waals surface area contributed by atoms with E-state index in [4.69, 9.17) is 0 Å². The summed E-state index contributed by atoms with van der Waals surface area (Å²) >= 11 is 0. The highest BCUT2D eigenvalue weighted by Crippen LogP contribution is 2.15. The first-order valence-corrected chi connectivity index (χ1v) is 6.82. The van der Waals surface area contributed by atoms with Crippen molar-refractivity contribution in [2.45, 2.75) is 32.9 Å². The standard InChI is InChI=1S/C13H21N5O/c1-3-11-12(19)15-5-6-18(11)13-16-8-10(9-17-13)7-14-4-2/h8-9,11,14H,3-7H2,1-2H3,(H,15,19). The van der Waals surface area contributed by atoms with E-state index in [9.17, 15) is 4.79 Å². The Morgan fingerprint density at radius 1 is 1.42 bits per heavy atom. The van der Waals surface area contributed by atoms with Gasteiger partial charge in [-0.15, -0.1) is 0 Å². The highest BCUT2D eigenvalue weighted by atomic mass is 16.2. The van der Waals surface area contributed by atoms with Crippen molar-refractivity contribution >= 4 is 11.9 Å². The molecular weight excluding hydrogens is 242 g/mol. The Morgan fingerprint density at radius 2 is 2.16 bits per heavy atom. The molecule has 1 atom stereocenters. The minimum Gasteiger partial charge on any atom is -0.353 e. The summed E-state index contributed by atoms with van der Waals surface area (Å²) in [6.45, 7) is 7.17. The molecule has 19 heavy (non-hydrogen) atoms. The largest absolute Gasteiger partial charge is 0.353 e. The molecule has 1 fully saturated rings. The van der Waals surface area contributed by atoms with Gasteiger partial charge in [-0.3, -0.25) is 4.79 Å². The van der Waals surface area contributed by atoms with E-state index in [1.807, 2.05) is 24.2 Å². The number of carbonyl (C=O) groups excluding carboxylic acids is 1. The van der Waals surface area contributed by atoms with Gasteiger partial charge in [0, 0.05) is 37.6 Å². The Hall–Kier alpha value is -1.69. The quantitative estimate of drug-likeness (QED) is 0.799. The molecule has 0 bridgehead atoms. The highest BCUT2D eigenvalue weighted by molar-refractivity contribution is 5.85. The molecule has 1 aliphatic rings. The Kier molecular flexibility index (Phi) is 4.68. The zero-order valence-corrected chi connectivity index (χ0v) is 11.5. The molecule has 6 nitrogen and oxygen atoms in total. The van der Waals surface area contributed by atoms with Crippen LogP contribution < -0.4 is 15.5 Å². The maximum atomic E-state index is 11.8. The first-order valence-electron chi connectivity index (χ1n) is 6.82. The molecule has 2 rings (SSSR count). The van der Waals surface area contributed by atoms with Gasteiger partial charge in [0.25, 0.3) is 0 Å². The third kappa shape index (κ3) is 3.20. The summed E-state index contributed by atoms with van der Waals surface area (Å²) < 4.78 is 0. The van der Waals surface area contributed by atoms with Crippen LogP contribution in [0.5, 0.6) is 0 Å². The predicted molar refractivity (Wildman–Crippen MR) is 73.8 cm³/mol. The van der Waals surface area contributed by atoms with Gasteiger partial charge in [-0.05, 0) is 13.0 Å². The molecule has 0 saturated carbocycles.